The molecule has 21 heavy (non-hydrogen) atoms. The Balaban J connectivity index is 1.80. The molecule has 0 aliphatic carbocycles. The molecular weight excluding hydrogens is 305 g/mol. The summed E-state index contributed by atoms with van der Waals surface area (Å²) in [6.07, 6.45) is 0.883. The highest BCUT2D eigenvalue weighted by Crippen LogP contribution is 2.21. The molecule has 0 aliphatic rings. The van der Waals surface area contributed by atoms with Gasteiger partial charge in [-0.25, -0.2) is 0 Å². The maximum absolute atomic E-state index is 6.15. The van der Waals surface area contributed by atoms with Gasteiger partial charge in [-0.3, -0.25) is 0 Å². The molecular formula is C17H19Cl2NO. The van der Waals surface area contributed by atoms with Gasteiger partial charge in [0, 0.05) is 23.7 Å². The zero-order chi connectivity index (χ0) is 15.1. The number of methoxy groups -OCH3 is 1. The summed E-state index contributed by atoms with van der Waals surface area (Å²) in [5, 5.41) is 4.83. The Hall–Kier alpha value is -1.06. The van der Waals surface area contributed by atoms with Crippen molar-refractivity contribution in [3.63, 3.8) is 0 Å². The molecule has 0 unspecified atom stereocenters. The van der Waals surface area contributed by atoms with E-state index in [-0.39, 0.29) is 0 Å². The van der Waals surface area contributed by atoms with Crippen molar-refractivity contribution in [1.29, 1.82) is 0 Å². The van der Waals surface area contributed by atoms with E-state index in [9.17, 15) is 0 Å². The van der Waals surface area contributed by atoms with E-state index in [4.69, 9.17) is 27.9 Å². The largest absolute Gasteiger partial charge is 0.380 e. The van der Waals surface area contributed by atoms with Crippen LogP contribution in [0, 0.1) is 0 Å². The Bertz CT molecular complexity index is 587. The van der Waals surface area contributed by atoms with Gasteiger partial charge in [0.1, 0.15) is 0 Å². The fourth-order valence-corrected chi connectivity index (χ4v) is 2.68. The first kappa shape index (κ1) is 16.3. The third-order valence-electron chi connectivity index (χ3n) is 3.22. The molecule has 4 heteroatoms. The monoisotopic (exact) mass is 323 g/mol. The quantitative estimate of drug-likeness (QED) is 0.759. The van der Waals surface area contributed by atoms with E-state index in [0.717, 1.165) is 30.1 Å². The fraction of sp³-hybridized carbons (Fsp3) is 0.294. The van der Waals surface area contributed by atoms with Crippen LogP contribution < -0.4 is 5.32 Å². The highest BCUT2D eigenvalue weighted by molar-refractivity contribution is 6.35. The number of rotatable bonds is 7. The number of halogens is 2. The SMILES string of the molecule is COCc1cccc(CNCCc2ccc(Cl)cc2Cl)c1. The summed E-state index contributed by atoms with van der Waals surface area (Å²) in [5.74, 6) is 0. The van der Waals surface area contributed by atoms with Crippen LogP contribution >= 0.6 is 23.2 Å². The van der Waals surface area contributed by atoms with Gasteiger partial charge in [-0.2, -0.15) is 0 Å². The Labute approximate surface area is 136 Å². The van der Waals surface area contributed by atoms with Crippen LogP contribution in [0.3, 0.4) is 0 Å². The van der Waals surface area contributed by atoms with Crippen LogP contribution in [0.5, 0.6) is 0 Å². The predicted molar refractivity (Wildman–Crippen MR) is 89.0 cm³/mol. The number of benzene rings is 2. The number of hydrogen-bond donors (Lipinski definition) is 1. The lowest BCUT2D eigenvalue weighted by molar-refractivity contribution is 0.185. The molecule has 112 valence electrons. The lowest BCUT2D eigenvalue weighted by atomic mass is 10.1. The van der Waals surface area contributed by atoms with Crippen molar-refractivity contribution in [3.8, 4) is 0 Å². The summed E-state index contributed by atoms with van der Waals surface area (Å²) in [7, 11) is 1.71. The third-order valence-corrected chi connectivity index (χ3v) is 3.80. The van der Waals surface area contributed by atoms with Crippen LogP contribution in [0.2, 0.25) is 10.0 Å². The van der Waals surface area contributed by atoms with Crippen LogP contribution in [0.4, 0.5) is 0 Å². The van der Waals surface area contributed by atoms with Gasteiger partial charge in [0.2, 0.25) is 0 Å². The van der Waals surface area contributed by atoms with E-state index < -0.39 is 0 Å². The number of ether oxygens (including phenoxy) is 1. The third kappa shape index (κ3) is 5.33. The van der Waals surface area contributed by atoms with Crippen molar-refractivity contribution in [2.45, 2.75) is 19.6 Å². The molecule has 0 heterocycles. The lowest BCUT2D eigenvalue weighted by Crippen LogP contribution is -2.16. The first-order valence-corrected chi connectivity index (χ1v) is 7.66. The van der Waals surface area contributed by atoms with Crippen molar-refractivity contribution >= 4 is 23.2 Å². The van der Waals surface area contributed by atoms with Crippen molar-refractivity contribution in [3.05, 3.63) is 69.2 Å². The second-order valence-corrected chi connectivity index (χ2v) is 5.76. The minimum Gasteiger partial charge on any atom is -0.380 e. The molecule has 1 N–H and O–H groups in total. The highest BCUT2D eigenvalue weighted by atomic mass is 35.5. The Morgan fingerprint density at radius 2 is 1.86 bits per heavy atom. The standard InChI is InChI=1S/C17H19Cl2NO/c1-21-12-14-4-2-3-13(9-14)11-20-8-7-15-5-6-16(18)10-17(15)19/h2-6,9-10,20H,7-8,11-12H2,1H3. The minimum absolute atomic E-state index is 0.647. The van der Waals surface area contributed by atoms with Gasteiger partial charge in [0.05, 0.1) is 6.61 Å². The predicted octanol–water partition coefficient (Wildman–Crippen LogP) is 4.47. The number of nitrogens with one attached hydrogen (secondary N) is 1. The molecule has 2 aromatic rings. The normalized spacial score (nSPS) is 10.8. The Kier molecular flexibility index (Phi) is 6.52. The maximum atomic E-state index is 6.15. The molecule has 0 fully saturated rings. The molecule has 0 saturated heterocycles. The maximum Gasteiger partial charge on any atom is 0.0713 e. The van der Waals surface area contributed by atoms with Gasteiger partial charge in [-0.15, -0.1) is 0 Å². The van der Waals surface area contributed by atoms with Crippen molar-refractivity contribution in [1.82, 2.24) is 5.32 Å². The highest BCUT2D eigenvalue weighted by Gasteiger charge is 2.01. The van der Waals surface area contributed by atoms with E-state index in [1.807, 2.05) is 12.1 Å². The van der Waals surface area contributed by atoms with Gasteiger partial charge in [-0.1, -0.05) is 53.5 Å². The van der Waals surface area contributed by atoms with Crippen LogP contribution in [0.15, 0.2) is 42.5 Å². The van der Waals surface area contributed by atoms with Gasteiger partial charge in [-0.05, 0) is 41.8 Å². The molecule has 0 radical (unpaired) electrons. The van der Waals surface area contributed by atoms with E-state index >= 15 is 0 Å². The molecule has 2 nitrogen and oxygen atoms in total. The summed E-state index contributed by atoms with van der Waals surface area (Å²) in [4.78, 5) is 0. The molecule has 0 amide bonds. The molecule has 0 spiro atoms. The Morgan fingerprint density at radius 1 is 1.05 bits per heavy atom. The van der Waals surface area contributed by atoms with Crippen LogP contribution in [0.1, 0.15) is 16.7 Å². The van der Waals surface area contributed by atoms with E-state index in [1.54, 1.807) is 13.2 Å². The first-order valence-electron chi connectivity index (χ1n) is 6.90. The molecule has 0 bridgehead atoms. The minimum atomic E-state index is 0.647. The summed E-state index contributed by atoms with van der Waals surface area (Å²) in [6, 6.07) is 14.0. The molecule has 2 rings (SSSR count). The average Bonchev–Trinajstić information content (AvgIpc) is 2.46. The van der Waals surface area contributed by atoms with Crippen LogP contribution in [0.25, 0.3) is 0 Å². The van der Waals surface area contributed by atoms with Gasteiger partial charge in [0.25, 0.3) is 0 Å². The van der Waals surface area contributed by atoms with Crippen molar-refractivity contribution in [2.24, 2.45) is 0 Å². The molecule has 2 aromatic carbocycles. The van der Waals surface area contributed by atoms with Crippen molar-refractivity contribution < 1.29 is 4.74 Å². The van der Waals surface area contributed by atoms with Gasteiger partial charge in [0.15, 0.2) is 0 Å². The lowest BCUT2D eigenvalue weighted by Gasteiger charge is -2.08. The molecule has 0 atom stereocenters. The summed E-state index contributed by atoms with van der Waals surface area (Å²) in [6.45, 7) is 2.35. The molecule has 0 saturated carbocycles. The fourth-order valence-electron chi connectivity index (χ4n) is 2.18. The smallest absolute Gasteiger partial charge is 0.0713 e. The summed E-state index contributed by atoms with van der Waals surface area (Å²) in [5.41, 5.74) is 3.56. The van der Waals surface area contributed by atoms with Crippen LogP contribution in [-0.4, -0.2) is 13.7 Å². The van der Waals surface area contributed by atoms with E-state index in [1.165, 1.54) is 11.1 Å². The zero-order valence-corrected chi connectivity index (χ0v) is 13.5. The topological polar surface area (TPSA) is 21.3 Å². The Morgan fingerprint density at radius 3 is 2.62 bits per heavy atom. The zero-order valence-electron chi connectivity index (χ0n) is 12.0. The van der Waals surface area contributed by atoms with E-state index in [2.05, 4.69) is 29.6 Å². The van der Waals surface area contributed by atoms with Gasteiger partial charge >= 0.3 is 0 Å². The summed E-state index contributed by atoms with van der Waals surface area (Å²) < 4.78 is 5.14. The molecule has 0 aliphatic heterocycles. The van der Waals surface area contributed by atoms with E-state index in [0.29, 0.717) is 11.6 Å². The van der Waals surface area contributed by atoms with Crippen LogP contribution in [-0.2, 0) is 24.3 Å². The van der Waals surface area contributed by atoms with Crippen molar-refractivity contribution in [2.75, 3.05) is 13.7 Å². The average molecular weight is 324 g/mol. The first-order chi connectivity index (χ1) is 10.2. The summed E-state index contributed by atoms with van der Waals surface area (Å²) >= 11 is 12.0. The number of hydrogen-bond acceptors (Lipinski definition) is 2. The second kappa shape index (κ2) is 8.40. The second-order valence-electron chi connectivity index (χ2n) is 4.92. The molecule has 0 aromatic heterocycles. The van der Waals surface area contributed by atoms with Gasteiger partial charge < -0.3 is 10.1 Å².